The molecule has 0 fully saturated rings. The number of benzene rings is 6. The largest absolute Gasteiger partial charge is 0.535 e. The highest BCUT2D eigenvalue weighted by Crippen LogP contribution is 2.44. The topological polar surface area (TPSA) is 558 Å². The maximum atomic E-state index is 12.2. The average molecular weight is 1980 g/mol. The van der Waals surface area contributed by atoms with Crippen LogP contribution in [0, 0.1) is 0 Å². The maximum absolute atomic E-state index is 12.2. The van der Waals surface area contributed by atoms with Crippen molar-refractivity contribution in [1.29, 1.82) is 0 Å². The second-order valence-corrected chi connectivity index (χ2v) is 38.9. The number of nitrogens with two attached hydrogens (primary N) is 2. The number of aromatic nitrogens is 6. The van der Waals surface area contributed by atoms with E-state index < -0.39 is 76.2 Å². The Kier molecular flexibility index (Phi) is 39.7. The van der Waals surface area contributed by atoms with Crippen molar-refractivity contribution in [3.05, 3.63) is 246 Å². The Morgan fingerprint density at radius 1 is 0.404 bits per heavy atom. The predicted molar refractivity (Wildman–Crippen MR) is 527 cm³/mol. The van der Waals surface area contributed by atoms with Gasteiger partial charge in [0.2, 0.25) is 10.0 Å². The number of fused-ring (bicyclic) bond motifs is 6. The second-order valence-electron chi connectivity index (χ2n) is 35.2. The first-order chi connectivity index (χ1) is 67.2. The van der Waals surface area contributed by atoms with Crippen molar-refractivity contribution in [3.63, 3.8) is 0 Å². The van der Waals surface area contributed by atoms with E-state index in [0.29, 0.717) is 158 Å². The van der Waals surface area contributed by atoms with Crippen LogP contribution in [-0.4, -0.2) is 198 Å². The summed E-state index contributed by atoms with van der Waals surface area (Å²) < 4.78 is 58.4. The maximum Gasteiger partial charge on any atom is 0.526 e. The fraction of sp³-hybridized carbons (Fsp3) is 0.365. The zero-order valence-electron chi connectivity index (χ0n) is 78.7. The minimum absolute atomic E-state index is 0.0135. The summed E-state index contributed by atoms with van der Waals surface area (Å²) in [5.41, 5.74) is 14.3. The van der Waals surface area contributed by atoms with E-state index in [9.17, 15) is 101 Å². The van der Waals surface area contributed by atoms with E-state index in [1.54, 1.807) is 126 Å². The number of thiazole rings is 2. The van der Waals surface area contributed by atoms with Crippen LogP contribution >= 0.6 is 22.7 Å². The first-order valence-electron chi connectivity index (χ1n) is 45.9. The lowest BCUT2D eigenvalue weighted by Crippen LogP contribution is -2.38. The number of aryl methyl sites for hydroxylation is 4. The summed E-state index contributed by atoms with van der Waals surface area (Å²) >= 11 is 3.07. The third-order valence-electron chi connectivity index (χ3n) is 24.3. The van der Waals surface area contributed by atoms with Crippen LogP contribution in [0.2, 0.25) is 34.9 Å². The monoisotopic (exact) mass is 1980 g/mol. The van der Waals surface area contributed by atoms with Crippen molar-refractivity contribution in [2.24, 2.45) is 10.9 Å². The summed E-state index contributed by atoms with van der Waals surface area (Å²) in [7, 11) is -10.4. The highest BCUT2D eigenvalue weighted by Gasteiger charge is 2.44. The highest BCUT2D eigenvalue weighted by atomic mass is 32.2. The summed E-state index contributed by atoms with van der Waals surface area (Å²) in [6.07, 6.45) is 18.8. The van der Waals surface area contributed by atoms with Gasteiger partial charge in [0.1, 0.15) is 63.4 Å². The number of nitrogens with one attached hydrogen (secondary N) is 1. The molecule has 6 aliphatic rings. The molecule has 0 radical (unpaired) electrons. The van der Waals surface area contributed by atoms with E-state index in [1.165, 1.54) is 64.2 Å². The Labute approximate surface area is 824 Å². The molecule has 36 nitrogen and oxygen atoms in total. The number of primary sulfonamides is 1. The van der Waals surface area contributed by atoms with Gasteiger partial charge in [-0.05, 0) is 162 Å². The van der Waals surface area contributed by atoms with E-state index in [2.05, 4.69) is 25.4 Å². The lowest BCUT2D eigenvalue weighted by molar-refractivity contribution is -0.120. The Bertz CT molecular complexity index is 5750. The van der Waals surface area contributed by atoms with E-state index in [1.807, 2.05) is 52.7 Å². The molecule has 0 unspecified atom stereocenters. The third-order valence-corrected chi connectivity index (χ3v) is 26.7. The molecule has 11 N–H and O–H groups in total. The third kappa shape index (κ3) is 31.8. The molecule has 10 aromatic rings. The molecule has 10 heterocycles. The number of nitrogens with zero attached hydrogens (tertiary/aromatic N) is 6. The SMILES string of the molecule is CC(=O)c1cccc2c1OB(O)[C@@H](CC(=O)CCS(N)(=O)=O)C2.CC(=O)c1cccc2c1OB(O)[C@@H](CC(=O)CCc1cncs1)C2.CC(=O)c1cccc2c1OB(O)[C@@H](CC(=O)CCc1nccs1)C2.CC(=O)c1cccc2c1OB(O)[C@@H](CC(=O)CCn1cccn1)C2.CC(=O)c1cccc2c1OB(O)[C@@H](CC(=O)CCn1ccnc1)C2.CC(=O)c1cccc2c1OB(O)[C@@H](CC(=O)CNC(N)=O)C2. The van der Waals surface area contributed by atoms with Gasteiger partial charge in [-0.1, -0.05) is 72.8 Å². The zero-order chi connectivity index (χ0) is 102. The van der Waals surface area contributed by atoms with E-state index in [-0.39, 0.29) is 144 Å². The Balaban J connectivity index is 0.000000162. The van der Waals surface area contributed by atoms with Crippen LogP contribution in [-0.2, 0) is 103 Å². The molecule has 0 saturated heterocycles. The number of carbonyl (C=O) groups excluding carboxylic acids is 13. The molecule has 736 valence electrons. The Morgan fingerprint density at radius 2 is 0.730 bits per heavy atom. The molecule has 45 heteroatoms. The number of primary amides is 1. The molecule has 16 rings (SSSR count). The fourth-order valence-electron chi connectivity index (χ4n) is 17.0. The van der Waals surface area contributed by atoms with Gasteiger partial charge in [-0.2, -0.15) is 5.10 Å². The molecule has 0 aliphatic carbocycles. The molecule has 6 aromatic carbocycles. The number of hydrogen-bond acceptors (Lipinski definition) is 33. The first kappa shape index (κ1) is 109. The van der Waals surface area contributed by atoms with Gasteiger partial charge in [0.05, 0.1) is 62.5 Å². The molecule has 141 heavy (non-hydrogen) atoms. The minimum atomic E-state index is -3.69. The van der Waals surface area contributed by atoms with Gasteiger partial charge >= 0.3 is 48.7 Å². The molecule has 0 bridgehead atoms. The molecule has 0 saturated carbocycles. The minimum Gasteiger partial charge on any atom is -0.535 e. The number of amides is 2. The molecule has 0 spiro atoms. The van der Waals surface area contributed by atoms with Crippen molar-refractivity contribution in [2.75, 3.05) is 12.3 Å². The Hall–Kier alpha value is -12.8. The number of sulfonamides is 1. The smallest absolute Gasteiger partial charge is 0.526 e. The standard InChI is InChI=1S/2C17H19BN2O4.2C17H18BNO4S.C14H17BN2O5.C14H18BNO6S/c1-12(21)16-5-2-4-13-10-14(18(23)24-17(13)16)11-15(22)6-9-20-8-3-7-19-20;1-12(21)16-4-2-3-13-9-14(18(23)24-17(13)16)10-15(22)5-7-20-8-6-19-11-20;1-11(20)16-4-2-3-12-7-13(18(22)23-17(12)16)8-14(21)5-6-15-9-19-10-24-15;1-11(20)15-4-2-3-12-9-13(18(22)23-17(12)15)10-14(21)5-6-16-19-7-8-24-16;1-8(18)12-4-2-3-9-5-10(15(21)22-13(9)12)6-11(19)7-17-14(16)20;1-9(17)13-4-2-3-10-7-11(15(19)22-14(10)13)8-12(18)5-6-23(16,20)21/h2-5,7-8,14,23H,6,9-11H2,1H3;2-4,6,8,11,14,23H,5,7,9-10H2,1H3;2-4,9-10,13,22H,5-8H2,1H3;2-4,7-8,13,22H,5-6,9-10H2,1H3;2-4,10,21H,5-7H2,1H3,(H3,16,17,20);2-4,11,19H,5-8H2,1H3,(H2,16,20,21)/t2*14-;2*13-;10-;11-/m111111/s1. The lowest BCUT2D eigenvalue weighted by atomic mass is 9.64. The molecule has 2 amide bonds. The number of para-hydroxylation sites is 6. The van der Waals surface area contributed by atoms with Crippen molar-refractivity contribution in [2.45, 2.75) is 212 Å². The van der Waals surface area contributed by atoms with Gasteiger partial charge in [-0.25, -0.2) is 28.3 Å². The summed E-state index contributed by atoms with van der Waals surface area (Å²) in [6, 6.07) is 32.8. The van der Waals surface area contributed by atoms with Crippen LogP contribution in [0.3, 0.4) is 0 Å². The number of urea groups is 1. The van der Waals surface area contributed by atoms with Crippen molar-refractivity contribution in [1.82, 2.24) is 34.6 Å². The first-order valence-corrected chi connectivity index (χ1v) is 49.4. The van der Waals surface area contributed by atoms with E-state index in [4.69, 9.17) is 38.8 Å². The summed E-state index contributed by atoms with van der Waals surface area (Å²) in [5, 5.41) is 75.0. The molecule has 6 atom stereocenters. The summed E-state index contributed by atoms with van der Waals surface area (Å²) in [5.74, 6) is -0.965. The summed E-state index contributed by atoms with van der Waals surface area (Å²) in [4.78, 5) is 166. The van der Waals surface area contributed by atoms with E-state index >= 15 is 0 Å². The number of rotatable bonds is 35. The molecule has 4 aromatic heterocycles. The second kappa shape index (κ2) is 51.5. The number of carbonyl (C=O) groups is 13. The van der Waals surface area contributed by atoms with E-state index in [0.717, 1.165) is 43.3 Å². The van der Waals surface area contributed by atoms with Crippen LogP contribution in [0.1, 0.15) is 218 Å². The zero-order valence-corrected chi connectivity index (χ0v) is 81.1. The van der Waals surface area contributed by atoms with Gasteiger partial charge in [-0.15, -0.1) is 22.7 Å². The van der Waals surface area contributed by atoms with Crippen LogP contribution in [0.4, 0.5) is 4.79 Å². The van der Waals surface area contributed by atoms with Crippen molar-refractivity contribution < 1.29 is 129 Å². The van der Waals surface area contributed by atoms with Crippen molar-refractivity contribution >= 4 is 151 Å². The molecular formula is C96H109B6N9O27S3. The van der Waals surface area contributed by atoms with Gasteiger partial charge in [0.25, 0.3) is 0 Å². The normalized spacial score (nSPS) is 16.6. The number of Topliss-reactive ketones (excluding diaryl/α,β-unsaturated/α-hetero) is 12. The van der Waals surface area contributed by atoms with Gasteiger partial charge < -0.3 is 73.7 Å². The predicted octanol–water partition coefficient (Wildman–Crippen LogP) is 9.90. The Morgan fingerprint density at radius 3 is 1.01 bits per heavy atom. The van der Waals surface area contributed by atoms with Gasteiger partial charge in [0.15, 0.2) is 40.5 Å². The fourth-order valence-corrected chi connectivity index (χ4v) is 18.7. The average Bonchev–Trinajstić information content (AvgIpc) is 1.26. The number of hydrogen-bond donors (Lipinski definition) is 9. The van der Waals surface area contributed by atoms with Crippen LogP contribution in [0.15, 0.2) is 170 Å². The highest BCUT2D eigenvalue weighted by molar-refractivity contribution is 7.89. The van der Waals surface area contributed by atoms with Crippen molar-refractivity contribution in [3.8, 4) is 34.5 Å². The van der Waals surface area contributed by atoms with Crippen LogP contribution < -0.4 is 44.1 Å². The van der Waals surface area contributed by atoms with Crippen LogP contribution in [0.25, 0.3) is 0 Å². The van der Waals surface area contributed by atoms with Gasteiger partial charge in [-0.3, -0.25) is 67.2 Å². The van der Waals surface area contributed by atoms with Crippen LogP contribution in [0.5, 0.6) is 34.5 Å². The quantitative estimate of drug-likeness (QED) is 0.0132. The summed E-state index contributed by atoms with van der Waals surface area (Å²) in [6.45, 7) is 9.64. The number of ketones is 12. The molecular weight excluding hydrogens is 1870 g/mol. The molecule has 6 aliphatic heterocycles. The van der Waals surface area contributed by atoms with Gasteiger partial charge in [0, 0.05) is 172 Å². The number of imidazole rings is 1. The lowest BCUT2D eigenvalue weighted by Gasteiger charge is -2.28.